The number of rotatable bonds is 4. The van der Waals surface area contributed by atoms with Crippen LogP contribution in [0.4, 0.5) is 17.5 Å². The van der Waals surface area contributed by atoms with Crippen LogP contribution in [0, 0.1) is 6.92 Å². The highest BCUT2D eigenvalue weighted by atomic mass is 15.2. The van der Waals surface area contributed by atoms with E-state index in [-0.39, 0.29) is 0 Å². The number of fused-ring (bicyclic) bond motifs is 3. The highest BCUT2D eigenvalue weighted by Gasteiger charge is 2.37. The number of aromatic amines is 1. The molecular formula is C18H21N7. The number of aryl methyl sites for hydroxylation is 1. The molecule has 0 aromatic carbocycles. The van der Waals surface area contributed by atoms with Crippen molar-refractivity contribution in [2.75, 3.05) is 10.6 Å². The molecule has 3 fully saturated rings. The second-order valence-corrected chi connectivity index (χ2v) is 7.10. The van der Waals surface area contributed by atoms with Gasteiger partial charge in [-0.15, -0.1) is 0 Å². The molecule has 2 bridgehead atoms. The van der Waals surface area contributed by atoms with E-state index in [0.717, 1.165) is 46.9 Å². The smallest absolute Gasteiger partial charge is 0.153 e. The lowest BCUT2D eigenvalue weighted by atomic mass is 9.79. The van der Waals surface area contributed by atoms with Crippen LogP contribution in [0.1, 0.15) is 25.0 Å². The zero-order chi connectivity index (χ0) is 16.8. The molecule has 0 spiro atoms. The average Bonchev–Trinajstić information content (AvgIpc) is 2.99. The molecule has 7 nitrogen and oxygen atoms in total. The fraction of sp³-hybridized carbons (Fsp3) is 0.389. The Labute approximate surface area is 145 Å². The lowest BCUT2D eigenvalue weighted by molar-refractivity contribution is 0.170. The van der Waals surface area contributed by atoms with E-state index in [2.05, 4.69) is 37.2 Å². The van der Waals surface area contributed by atoms with E-state index < -0.39 is 0 Å². The van der Waals surface area contributed by atoms with E-state index >= 15 is 0 Å². The molecule has 6 rings (SSSR count). The number of hydrogen-bond acceptors (Lipinski definition) is 6. The first kappa shape index (κ1) is 14.7. The van der Waals surface area contributed by atoms with Gasteiger partial charge in [0, 0.05) is 47.5 Å². The number of nitrogens with one attached hydrogen (secondary N) is 4. The van der Waals surface area contributed by atoms with Crippen molar-refractivity contribution in [3.8, 4) is 0 Å². The summed E-state index contributed by atoms with van der Waals surface area (Å²) in [6.45, 7) is 1.98. The van der Waals surface area contributed by atoms with E-state index in [1.165, 1.54) is 6.42 Å². The van der Waals surface area contributed by atoms with Gasteiger partial charge in [0.1, 0.15) is 11.6 Å². The molecule has 0 amide bonds. The molecule has 2 unspecified atom stereocenters. The molecule has 25 heavy (non-hydrogen) atoms. The largest absolute Gasteiger partial charge is 0.367 e. The Morgan fingerprint density at radius 3 is 2.72 bits per heavy atom. The Balaban J connectivity index is 1.47. The Hall–Kier alpha value is -2.67. The van der Waals surface area contributed by atoms with E-state index in [1.54, 1.807) is 0 Å². The van der Waals surface area contributed by atoms with Gasteiger partial charge in [0.25, 0.3) is 0 Å². The Morgan fingerprint density at radius 1 is 1.12 bits per heavy atom. The molecule has 1 saturated carbocycles. The molecule has 2 saturated heterocycles. The monoisotopic (exact) mass is 335 g/mol. The number of anilines is 3. The topological polar surface area (TPSA) is 90.6 Å². The van der Waals surface area contributed by atoms with E-state index in [4.69, 9.17) is 4.98 Å². The summed E-state index contributed by atoms with van der Waals surface area (Å²) in [5, 5.41) is 18.7. The van der Waals surface area contributed by atoms with Crippen LogP contribution >= 0.6 is 0 Å². The van der Waals surface area contributed by atoms with Crippen LogP contribution in [0.2, 0.25) is 0 Å². The summed E-state index contributed by atoms with van der Waals surface area (Å²) < 4.78 is 0. The molecular weight excluding hydrogens is 314 g/mol. The van der Waals surface area contributed by atoms with Crippen molar-refractivity contribution < 1.29 is 0 Å². The van der Waals surface area contributed by atoms with Crippen molar-refractivity contribution >= 4 is 28.4 Å². The SMILES string of the molecule is Cc1cc(Nc2cc3ncccc3c(NC3CC4CC(C3)N4)n2)n[nH]1. The third kappa shape index (κ3) is 2.80. The van der Waals surface area contributed by atoms with Gasteiger partial charge in [0.15, 0.2) is 5.82 Å². The first-order valence-electron chi connectivity index (χ1n) is 8.80. The molecule has 2 atom stereocenters. The van der Waals surface area contributed by atoms with Crippen LogP contribution < -0.4 is 16.0 Å². The summed E-state index contributed by atoms with van der Waals surface area (Å²) in [5.41, 5.74) is 1.93. The van der Waals surface area contributed by atoms with E-state index in [9.17, 15) is 0 Å². The second-order valence-electron chi connectivity index (χ2n) is 7.10. The van der Waals surface area contributed by atoms with Crippen LogP contribution in [0.3, 0.4) is 0 Å². The van der Waals surface area contributed by atoms with Crippen molar-refractivity contribution in [3.63, 3.8) is 0 Å². The Kier molecular flexibility index (Phi) is 3.34. The summed E-state index contributed by atoms with van der Waals surface area (Å²) in [4.78, 5) is 9.31. The molecule has 5 heterocycles. The van der Waals surface area contributed by atoms with Crippen LogP contribution in [0.25, 0.3) is 10.9 Å². The fourth-order valence-electron chi connectivity index (χ4n) is 3.94. The van der Waals surface area contributed by atoms with Gasteiger partial charge in [-0.05, 0) is 38.3 Å². The zero-order valence-corrected chi connectivity index (χ0v) is 14.1. The minimum atomic E-state index is 0.462. The summed E-state index contributed by atoms with van der Waals surface area (Å²) in [6, 6.07) is 9.73. The van der Waals surface area contributed by atoms with Gasteiger partial charge in [0.2, 0.25) is 0 Å². The molecule has 3 aromatic heterocycles. The standard InChI is InChI=1S/C18H21N7/c1-10-5-17(25-24-10)22-16-9-15-14(3-2-4-19-15)18(23-16)21-13-7-11-6-12(8-13)20-11/h2-5,9,11-13,20H,6-8H2,1H3,(H3,21,22,23,24,25). The molecule has 1 aliphatic carbocycles. The lowest BCUT2D eigenvalue weighted by Crippen LogP contribution is -2.60. The van der Waals surface area contributed by atoms with Crippen LogP contribution in [-0.2, 0) is 0 Å². The van der Waals surface area contributed by atoms with Crippen LogP contribution in [0.5, 0.6) is 0 Å². The maximum absolute atomic E-state index is 4.80. The minimum absolute atomic E-state index is 0.462. The van der Waals surface area contributed by atoms with Gasteiger partial charge in [-0.3, -0.25) is 10.1 Å². The first-order chi connectivity index (χ1) is 12.2. The lowest BCUT2D eigenvalue weighted by Gasteiger charge is -2.46. The third-order valence-electron chi connectivity index (χ3n) is 5.08. The van der Waals surface area contributed by atoms with Gasteiger partial charge < -0.3 is 16.0 Å². The van der Waals surface area contributed by atoms with Gasteiger partial charge in [0.05, 0.1) is 5.52 Å². The molecule has 2 aliphatic heterocycles. The quantitative estimate of drug-likeness (QED) is 0.586. The summed E-state index contributed by atoms with van der Waals surface area (Å²) >= 11 is 0. The van der Waals surface area contributed by atoms with Crippen LogP contribution in [0.15, 0.2) is 30.5 Å². The van der Waals surface area contributed by atoms with Crippen molar-refractivity contribution in [2.45, 2.75) is 44.3 Å². The number of pyridine rings is 2. The molecule has 7 heteroatoms. The van der Waals surface area contributed by atoms with Gasteiger partial charge in [-0.25, -0.2) is 4.98 Å². The van der Waals surface area contributed by atoms with E-state index in [1.807, 2.05) is 31.3 Å². The third-order valence-corrected chi connectivity index (χ3v) is 5.08. The van der Waals surface area contributed by atoms with Gasteiger partial charge >= 0.3 is 0 Å². The summed E-state index contributed by atoms with van der Waals surface area (Å²) in [6.07, 6.45) is 5.43. The predicted octanol–water partition coefficient (Wildman–Crippen LogP) is 2.71. The van der Waals surface area contributed by atoms with Gasteiger partial charge in [-0.1, -0.05) is 0 Å². The highest BCUT2D eigenvalue weighted by Crippen LogP contribution is 2.32. The maximum Gasteiger partial charge on any atom is 0.153 e. The molecule has 0 radical (unpaired) electrons. The molecule has 3 aliphatic rings. The number of hydrogen-bond donors (Lipinski definition) is 4. The maximum atomic E-state index is 4.80. The summed E-state index contributed by atoms with van der Waals surface area (Å²) in [7, 11) is 0. The first-order valence-corrected chi connectivity index (χ1v) is 8.80. The number of nitrogens with zero attached hydrogens (tertiary/aromatic N) is 3. The minimum Gasteiger partial charge on any atom is -0.367 e. The van der Waals surface area contributed by atoms with E-state index in [0.29, 0.717) is 18.1 Å². The number of piperidine rings is 1. The number of aromatic nitrogens is 4. The summed E-state index contributed by atoms with van der Waals surface area (Å²) in [5.74, 6) is 2.40. The average molecular weight is 335 g/mol. The molecule has 3 aromatic rings. The van der Waals surface area contributed by atoms with Crippen molar-refractivity contribution in [1.29, 1.82) is 0 Å². The Bertz CT molecular complexity index is 903. The predicted molar refractivity (Wildman–Crippen MR) is 98.1 cm³/mol. The van der Waals surface area contributed by atoms with Crippen molar-refractivity contribution in [3.05, 3.63) is 36.2 Å². The zero-order valence-electron chi connectivity index (χ0n) is 14.1. The van der Waals surface area contributed by atoms with Crippen molar-refractivity contribution in [2.24, 2.45) is 0 Å². The molecule has 4 N–H and O–H groups in total. The highest BCUT2D eigenvalue weighted by molar-refractivity contribution is 5.91. The second kappa shape index (κ2) is 5.70. The Morgan fingerprint density at radius 2 is 1.96 bits per heavy atom. The van der Waals surface area contributed by atoms with Gasteiger partial charge in [-0.2, -0.15) is 5.10 Å². The molecule has 128 valence electrons. The normalized spacial score (nSPS) is 24.8. The van der Waals surface area contributed by atoms with Crippen molar-refractivity contribution in [1.82, 2.24) is 25.5 Å². The number of H-pyrrole nitrogens is 1. The van der Waals surface area contributed by atoms with Crippen LogP contribution in [-0.4, -0.2) is 38.3 Å². The fourth-order valence-corrected chi connectivity index (χ4v) is 3.94.